The number of rotatable bonds is 4. The molecule has 0 spiro atoms. The summed E-state index contributed by atoms with van der Waals surface area (Å²) in [6.07, 6.45) is 3.54. The Morgan fingerprint density at radius 3 is 2.77 bits per heavy atom. The third kappa shape index (κ3) is 3.49. The van der Waals surface area contributed by atoms with Crippen molar-refractivity contribution in [1.29, 1.82) is 0 Å². The van der Waals surface area contributed by atoms with Gasteiger partial charge in [0.05, 0.1) is 12.1 Å². The highest BCUT2D eigenvalue weighted by molar-refractivity contribution is 5.78. The summed E-state index contributed by atoms with van der Waals surface area (Å²) in [5.74, 6) is 1.94. The van der Waals surface area contributed by atoms with Gasteiger partial charge in [0.1, 0.15) is 11.5 Å². The Hall–Kier alpha value is -3.03. The Labute approximate surface area is 150 Å². The van der Waals surface area contributed by atoms with Crippen molar-refractivity contribution in [3.8, 4) is 11.5 Å². The van der Waals surface area contributed by atoms with Gasteiger partial charge in [-0.1, -0.05) is 16.4 Å². The number of piperidine rings is 1. The van der Waals surface area contributed by atoms with Crippen LogP contribution in [-0.4, -0.2) is 44.2 Å². The van der Waals surface area contributed by atoms with Crippen molar-refractivity contribution in [2.75, 3.05) is 13.1 Å². The molecule has 3 aromatic heterocycles. The summed E-state index contributed by atoms with van der Waals surface area (Å²) in [7, 11) is 0. The van der Waals surface area contributed by atoms with Crippen LogP contribution < -0.4 is 0 Å². The molecule has 3 aromatic rings. The first-order chi connectivity index (χ1) is 12.7. The molecule has 1 aliphatic rings. The zero-order valence-electron chi connectivity index (χ0n) is 14.5. The number of carbonyl (C=O) groups excluding carboxylic acids is 1. The van der Waals surface area contributed by atoms with Crippen molar-refractivity contribution in [3.05, 3.63) is 47.8 Å². The molecule has 8 heteroatoms. The number of amides is 1. The van der Waals surface area contributed by atoms with Crippen molar-refractivity contribution in [2.45, 2.75) is 32.1 Å². The van der Waals surface area contributed by atoms with Crippen molar-refractivity contribution < 1.29 is 13.8 Å². The van der Waals surface area contributed by atoms with Gasteiger partial charge < -0.3 is 13.9 Å². The van der Waals surface area contributed by atoms with Crippen molar-refractivity contribution in [3.63, 3.8) is 0 Å². The maximum Gasteiger partial charge on any atom is 0.230 e. The van der Waals surface area contributed by atoms with Crippen LogP contribution in [0, 0.1) is 6.92 Å². The fourth-order valence-corrected chi connectivity index (χ4v) is 3.14. The Morgan fingerprint density at radius 1 is 1.23 bits per heavy atom. The molecule has 0 saturated carbocycles. The molecule has 0 bridgehead atoms. The van der Waals surface area contributed by atoms with E-state index in [4.69, 9.17) is 9.05 Å². The molecule has 1 aliphatic heterocycles. The number of carbonyl (C=O) groups is 1. The lowest BCUT2D eigenvalue weighted by Crippen LogP contribution is -2.38. The van der Waals surface area contributed by atoms with Crippen LogP contribution in [0.3, 0.4) is 0 Å². The standard InChI is InChI=1S/C18H19N5O3/c1-12-10-14(25-21-12)11-16(24)23-8-5-13(6-9-23)18-20-17(22-26-18)15-4-2-3-7-19-15/h2-4,7,10,13H,5-6,8-9,11H2,1H3. The summed E-state index contributed by atoms with van der Waals surface area (Å²) in [5, 5.41) is 7.84. The summed E-state index contributed by atoms with van der Waals surface area (Å²) < 4.78 is 10.5. The van der Waals surface area contributed by atoms with E-state index in [9.17, 15) is 4.79 Å². The van der Waals surface area contributed by atoms with Gasteiger partial charge in [-0.3, -0.25) is 9.78 Å². The van der Waals surface area contributed by atoms with E-state index in [0.29, 0.717) is 36.3 Å². The van der Waals surface area contributed by atoms with Crippen molar-refractivity contribution in [1.82, 2.24) is 25.2 Å². The number of hydrogen-bond donors (Lipinski definition) is 0. The van der Waals surface area contributed by atoms with Crippen molar-refractivity contribution in [2.24, 2.45) is 0 Å². The Bertz CT molecular complexity index is 881. The molecular weight excluding hydrogens is 334 g/mol. The highest BCUT2D eigenvalue weighted by atomic mass is 16.5. The number of nitrogens with zero attached hydrogens (tertiary/aromatic N) is 5. The van der Waals surface area contributed by atoms with E-state index < -0.39 is 0 Å². The Morgan fingerprint density at radius 2 is 2.08 bits per heavy atom. The smallest absolute Gasteiger partial charge is 0.230 e. The predicted octanol–water partition coefficient (Wildman–Crippen LogP) is 2.38. The summed E-state index contributed by atoms with van der Waals surface area (Å²) >= 11 is 0. The first-order valence-electron chi connectivity index (χ1n) is 8.64. The summed E-state index contributed by atoms with van der Waals surface area (Å²) in [6.45, 7) is 3.17. The number of pyridine rings is 1. The van der Waals surface area contributed by atoms with Crippen LogP contribution in [0.2, 0.25) is 0 Å². The SMILES string of the molecule is Cc1cc(CC(=O)N2CCC(c3nc(-c4ccccn4)no3)CC2)on1. The predicted molar refractivity (Wildman–Crippen MR) is 91.0 cm³/mol. The van der Waals surface area contributed by atoms with Crippen molar-refractivity contribution >= 4 is 5.91 Å². The lowest BCUT2D eigenvalue weighted by molar-refractivity contribution is -0.131. The lowest BCUT2D eigenvalue weighted by atomic mass is 9.96. The summed E-state index contributed by atoms with van der Waals surface area (Å²) in [5.41, 5.74) is 1.48. The van der Waals surface area contributed by atoms with Gasteiger partial charge in [-0.05, 0) is 31.9 Å². The van der Waals surface area contributed by atoms with E-state index in [2.05, 4.69) is 20.3 Å². The van der Waals surface area contributed by atoms with E-state index in [-0.39, 0.29) is 18.2 Å². The fourth-order valence-electron chi connectivity index (χ4n) is 3.14. The molecule has 0 atom stereocenters. The molecule has 0 radical (unpaired) electrons. The molecule has 26 heavy (non-hydrogen) atoms. The molecule has 0 aromatic carbocycles. The van der Waals surface area contributed by atoms with E-state index in [1.165, 1.54) is 0 Å². The van der Waals surface area contributed by atoms with E-state index in [1.807, 2.05) is 30.0 Å². The van der Waals surface area contributed by atoms with E-state index in [1.54, 1.807) is 12.3 Å². The van der Waals surface area contributed by atoms with Gasteiger partial charge >= 0.3 is 0 Å². The minimum Gasteiger partial charge on any atom is -0.361 e. The normalized spacial score (nSPS) is 15.3. The van der Waals surface area contributed by atoms with Gasteiger partial charge in [-0.15, -0.1) is 0 Å². The molecule has 4 rings (SSSR count). The fraction of sp³-hybridized carbons (Fsp3) is 0.389. The second-order valence-corrected chi connectivity index (χ2v) is 6.44. The quantitative estimate of drug-likeness (QED) is 0.710. The van der Waals surface area contributed by atoms with Crippen LogP contribution in [0.5, 0.6) is 0 Å². The molecule has 0 N–H and O–H groups in total. The number of likely N-dealkylation sites (tertiary alicyclic amines) is 1. The zero-order chi connectivity index (χ0) is 17.9. The zero-order valence-corrected chi connectivity index (χ0v) is 14.5. The minimum absolute atomic E-state index is 0.0549. The maximum absolute atomic E-state index is 12.4. The van der Waals surface area contributed by atoms with E-state index >= 15 is 0 Å². The Balaban J connectivity index is 1.35. The largest absolute Gasteiger partial charge is 0.361 e. The van der Waals surface area contributed by atoms with Gasteiger partial charge in [0.15, 0.2) is 0 Å². The van der Waals surface area contributed by atoms with Gasteiger partial charge in [-0.2, -0.15) is 4.98 Å². The van der Waals surface area contributed by atoms with Crippen LogP contribution in [-0.2, 0) is 11.2 Å². The molecule has 1 fully saturated rings. The molecule has 134 valence electrons. The first kappa shape index (κ1) is 16.4. The van der Waals surface area contributed by atoms with Gasteiger partial charge in [-0.25, -0.2) is 0 Å². The first-order valence-corrected chi connectivity index (χ1v) is 8.64. The lowest BCUT2D eigenvalue weighted by Gasteiger charge is -2.30. The monoisotopic (exact) mass is 353 g/mol. The van der Waals surface area contributed by atoms with E-state index in [0.717, 1.165) is 18.5 Å². The van der Waals surface area contributed by atoms with Gasteiger partial charge in [0.2, 0.25) is 17.6 Å². The molecule has 1 amide bonds. The second kappa shape index (κ2) is 7.07. The minimum atomic E-state index is 0.0549. The van der Waals surface area contributed by atoms with Crippen LogP contribution in [0.25, 0.3) is 11.5 Å². The topological polar surface area (TPSA) is 98.2 Å². The molecular formula is C18H19N5O3. The van der Waals surface area contributed by atoms with Gasteiger partial charge in [0.25, 0.3) is 0 Å². The van der Waals surface area contributed by atoms with Crippen LogP contribution in [0.15, 0.2) is 39.5 Å². The molecule has 0 aliphatic carbocycles. The average Bonchev–Trinajstić information content (AvgIpc) is 3.32. The second-order valence-electron chi connectivity index (χ2n) is 6.44. The highest BCUT2D eigenvalue weighted by Gasteiger charge is 2.28. The molecule has 8 nitrogen and oxygen atoms in total. The average molecular weight is 353 g/mol. The number of aromatic nitrogens is 4. The highest BCUT2D eigenvalue weighted by Crippen LogP contribution is 2.28. The molecule has 1 saturated heterocycles. The Kier molecular flexibility index (Phi) is 4.47. The third-order valence-electron chi connectivity index (χ3n) is 4.53. The van der Waals surface area contributed by atoms with Crippen LogP contribution in [0.4, 0.5) is 0 Å². The number of hydrogen-bond acceptors (Lipinski definition) is 7. The summed E-state index contributed by atoms with van der Waals surface area (Å²) in [6, 6.07) is 7.37. The summed E-state index contributed by atoms with van der Waals surface area (Å²) in [4.78, 5) is 22.9. The third-order valence-corrected chi connectivity index (χ3v) is 4.53. The van der Waals surface area contributed by atoms with Crippen LogP contribution >= 0.6 is 0 Å². The molecule has 4 heterocycles. The number of aryl methyl sites for hydroxylation is 1. The molecule has 0 unspecified atom stereocenters. The maximum atomic E-state index is 12.4. The van der Waals surface area contributed by atoms with Crippen LogP contribution in [0.1, 0.15) is 36.1 Å². The van der Waals surface area contributed by atoms with Gasteiger partial charge in [0, 0.05) is 31.3 Å².